The minimum absolute atomic E-state index is 0.0126. The minimum atomic E-state index is -3.20. The number of nitrogens with zero attached hydrogens (tertiary/aromatic N) is 1. The molecule has 2 atom stereocenters. The molecule has 0 aliphatic rings. The number of amides is 1. The number of hydrogen-bond donors (Lipinski definition) is 1. The van der Waals surface area contributed by atoms with Gasteiger partial charge in [-0.25, -0.2) is 8.42 Å². The number of carbonyl (C=O) groups is 1. The van der Waals surface area contributed by atoms with Crippen molar-refractivity contribution >= 4 is 15.7 Å². The quantitative estimate of drug-likeness (QED) is 0.809. The number of rotatable bonds is 7. The normalized spacial score (nSPS) is 14.0. The van der Waals surface area contributed by atoms with Crippen LogP contribution in [0, 0.1) is 0 Å². The lowest BCUT2D eigenvalue weighted by Crippen LogP contribution is -2.37. The molecule has 26 heavy (non-hydrogen) atoms. The van der Waals surface area contributed by atoms with Crippen molar-refractivity contribution in [1.82, 2.24) is 10.2 Å². The van der Waals surface area contributed by atoms with E-state index in [2.05, 4.69) is 5.32 Å². The molecule has 0 aromatic heterocycles. The van der Waals surface area contributed by atoms with E-state index in [1.807, 2.05) is 56.1 Å². The van der Waals surface area contributed by atoms with Crippen molar-refractivity contribution in [2.24, 2.45) is 0 Å². The predicted molar refractivity (Wildman–Crippen MR) is 104 cm³/mol. The average Bonchev–Trinajstić information content (AvgIpc) is 2.61. The van der Waals surface area contributed by atoms with Gasteiger partial charge >= 0.3 is 0 Å². The molecule has 2 unspecified atom stereocenters. The monoisotopic (exact) mass is 374 g/mol. The van der Waals surface area contributed by atoms with Crippen LogP contribution < -0.4 is 5.32 Å². The molecule has 0 saturated heterocycles. The number of sulfone groups is 1. The average molecular weight is 375 g/mol. The highest BCUT2D eigenvalue weighted by Gasteiger charge is 2.17. The fraction of sp³-hybridized carbons (Fsp3) is 0.350. The van der Waals surface area contributed by atoms with Crippen molar-refractivity contribution in [3.63, 3.8) is 0 Å². The third kappa shape index (κ3) is 5.41. The summed E-state index contributed by atoms with van der Waals surface area (Å²) in [5, 5.41) is 3.00. The lowest BCUT2D eigenvalue weighted by Gasteiger charge is -2.25. The summed E-state index contributed by atoms with van der Waals surface area (Å²) in [4.78, 5) is 14.6. The molecular weight excluding hydrogens is 348 g/mol. The number of carbonyl (C=O) groups excluding carboxylic acids is 1. The Balaban J connectivity index is 1.95. The molecule has 6 heteroatoms. The van der Waals surface area contributed by atoms with Gasteiger partial charge in [-0.1, -0.05) is 42.5 Å². The Kier molecular flexibility index (Phi) is 6.56. The molecule has 2 rings (SSSR count). The van der Waals surface area contributed by atoms with Gasteiger partial charge in [0.25, 0.3) is 0 Å². The van der Waals surface area contributed by atoms with Gasteiger partial charge < -0.3 is 5.32 Å². The maximum absolute atomic E-state index is 12.3. The summed E-state index contributed by atoms with van der Waals surface area (Å²) in [6, 6.07) is 16.5. The second-order valence-corrected chi connectivity index (χ2v) is 8.65. The van der Waals surface area contributed by atoms with Crippen LogP contribution in [0.1, 0.15) is 37.1 Å². The van der Waals surface area contributed by atoms with Crippen LogP contribution in [0.15, 0.2) is 59.5 Å². The van der Waals surface area contributed by atoms with E-state index in [1.54, 1.807) is 24.3 Å². The molecule has 0 bridgehead atoms. The van der Waals surface area contributed by atoms with Crippen molar-refractivity contribution in [1.29, 1.82) is 0 Å². The molecule has 1 N–H and O–H groups in total. The van der Waals surface area contributed by atoms with E-state index in [0.717, 1.165) is 11.1 Å². The topological polar surface area (TPSA) is 66.5 Å². The van der Waals surface area contributed by atoms with Crippen LogP contribution in [-0.2, 0) is 14.6 Å². The number of benzene rings is 2. The van der Waals surface area contributed by atoms with Crippen molar-refractivity contribution < 1.29 is 13.2 Å². The van der Waals surface area contributed by atoms with Gasteiger partial charge in [-0.15, -0.1) is 0 Å². The molecule has 0 aliphatic carbocycles. The van der Waals surface area contributed by atoms with Gasteiger partial charge in [0, 0.05) is 12.3 Å². The first-order chi connectivity index (χ1) is 12.2. The second-order valence-electron chi connectivity index (χ2n) is 6.63. The fourth-order valence-electron chi connectivity index (χ4n) is 2.72. The standard InChI is InChI=1S/C20H26N2O3S/c1-15(17-8-6-5-7-9-17)21-20(23)14-22(3)16(2)18-10-12-19(13-11-18)26(4,24)25/h5-13,15-16H,14H2,1-4H3,(H,21,23). The maximum atomic E-state index is 12.3. The zero-order chi connectivity index (χ0) is 19.3. The van der Waals surface area contributed by atoms with Crippen LogP contribution in [0.3, 0.4) is 0 Å². The Hall–Kier alpha value is -2.18. The molecule has 2 aromatic carbocycles. The molecule has 0 aliphatic heterocycles. The highest BCUT2D eigenvalue weighted by Crippen LogP contribution is 2.20. The first-order valence-corrected chi connectivity index (χ1v) is 10.4. The van der Waals surface area contributed by atoms with E-state index in [0.29, 0.717) is 4.90 Å². The van der Waals surface area contributed by atoms with Gasteiger partial charge in [-0.3, -0.25) is 9.69 Å². The summed E-state index contributed by atoms with van der Waals surface area (Å²) in [5.41, 5.74) is 2.02. The van der Waals surface area contributed by atoms with Crippen molar-refractivity contribution in [3.05, 3.63) is 65.7 Å². The summed E-state index contributed by atoms with van der Waals surface area (Å²) in [6.07, 6.45) is 1.19. The second kappa shape index (κ2) is 8.47. The Morgan fingerprint density at radius 1 is 1.00 bits per heavy atom. The van der Waals surface area contributed by atoms with E-state index >= 15 is 0 Å². The van der Waals surface area contributed by atoms with Gasteiger partial charge in [0.1, 0.15) is 0 Å². The van der Waals surface area contributed by atoms with Gasteiger partial charge in [-0.05, 0) is 44.2 Å². The molecule has 5 nitrogen and oxygen atoms in total. The summed E-state index contributed by atoms with van der Waals surface area (Å²) in [6.45, 7) is 4.20. The minimum Gasteiger partial charge on any atom is -0.348 e. The van der Waals surface area contributed by atoms with E-state index < -0.39 is 9.84 Å². The largest absolute Gasteiger partial charge is 0.348 e. The zero-order valence-electron chi connectivity index (χ0n) is 15.6. The van der Waals surface area contributed by atoms with E-state index in [1.165, 1.54) is 6.26 Å². The van der Waals surface area contributed by atoms with E-state index in [9.17, 15) is 13.2 Å². The van der Waals surface area contributed by atoms with Crippen molar-refractivity contribution in [3.8, 4) is 0 Å². The summed E-state index contributed by atoms with van der Waals surface area (Å²) >= 11 is 0. The van der Waals surface area contributed by atoms with Gasteiger partial charge in [-0.2, -0.15) is 0 Å². The third-order valence-electron chi connectivity index (χ3n) is 4.52. The molecule has 1 amide bonds. The Morgan fingerprint density at radius 2 is 1.58 bits per heavy atom. The van der Waals surface area contributed by atoms with Crippen molar-refractivity contribution in [2.45, 2.75) is 30.8 Å². The van der Waals surface area contributed by atoms with Crippen LogP contribution in [-0.4, -0.2) is 39.1 Å². The highest BCUT2D eigenvalue weighted by molar-refractivity contribution is 7.90. The van der Waals surface area contributed by atoms with Crippen LogP contribution >= 0.6 is 0 Å². The molecular formula is C20H26N2O3S. The van der Waals surface area contributed by atoms with Gasteiger partial charge in [0.05, 0.1) is 17.5 Å². The Morgan fingerprint density at radius 3 is 2.12 bits per heavy atom. The summed E-state index contributed by atoms with van der Waals surface area (Å²) in [7, 11) is -1.33. The number of likely N-dealkylation sites (N-methyl/N-ethyl adjacent to an activating group) is 1. The molecule has 0 heterocycles. The SMILES string of the molecule is CC(NC(=O)CN(C)C(C)c1ccc(S(C)(=O)=O)cc1)c1ccccc1. The maximum Gasteiger partial charge on any atom is 0.234 e. The zero-order valence-corrected chi connectivity index (χ0v) is 16.5. The molecule has 140 valence electrons. The summed E-state index contributed by atoms with van der Waals surface area (Å²) < 4.78 is 23.1. The molecule has 2 aromatic rings. The van der Waals surface area contributed by atoms with Crippen molar-refractivity contribution in [2.75, 3.05) is 19.8 Å². The lowest BCUT2D eigenvalue weighted by molar-refractivity contribution is -0.123. The van der Waals surface area contributed by atoms with E-state index in [-0.39, 0.29) is 24.5 Å². The first-order valence-electron chi connectivity index (χ1n) is 8.53. The van der Waals surface area contributed by atoms with Gasteiger partial charge in [0.15, 0.2) is 9.84 Å². The Labute approximate surface area is 156 Å². The molecule has 0 spiro atoms. The molecule has 0 fully saturated rings. The Bertz CT molecular complexity index is 833. The van der Waals surface area contributed by atoms with Gasteiger partial charge in [0.2, 0.25) is 5.91 Å². The van der Waals surface area contributed by atoms with Crippen LogP contribution in [0.5, 0.6) is 0 Å². The highest BCUT2D eigenvalue weighted by atomic mass is 32.2. The lowest BCUT2D eigenvalue weighted by atomic mass is 10.1. The molecule has 0 saturated carbocycles. The number of nitrogens with one attached hydrogen (secondary N) is 1. The molecule has 0 radical (unpaired) electrons. The van der Waals surface area contributed by atoms with Crippen LogP contribution in [0.2, 0.25) is 0 Å². The van der Waals surface area contributed by atoms with Crippen LogP contribution in [0.4, 0.5) is 0 Å². The number of hydrogen-bond acceptors (Lipinski definition) is 4. The summed E-state index contributed by atoms with van der Waals surface area (Å²) in [5.74, 6) is -0.0524. The van der Waals surface area contributed by atoms with E-state index in [4.69, 9.17) is 0 Å². The smallest absolute Gasteiger partial charge is 0.234 e. The van der Waals surface area contributed by atoms with Crippen LogP contribution in [0.25, 0.3) is 0 Å². The predicted octanol–water partition coefficient (Wildman–Crippen LogP) is 2.96. The first kappa shape index (κ1) is 20.1. The fourth-order valence-corrected chi connectivity index (χ4v) is 3.35. The third-order valence-corrected chi connectivity index (χ3v) is 5.65.